The average molecular weight is 296 g/mol. The third-order valence-electron chi connectivity index (χ3n) is 2.89. The fourth-order valence-corrected chi connectivity index (χ4v) is 1.84. The third kappa shape index (κ3) is 2.91. The van der Waals surface area contributed by atoms with Gasteiger partial charge in [0.05, 0.1) is 5.56 Å². The number of nitrogens with two attached hydrogens (primary N) is 1. The van der Waals surface area contributed by atoms with E-state index < -0.39 is 23.4 Å². The van der Waals surface area contributed by atoms with Crippen LogP contribution < -0.4 is 11.1 Å². The van der Waals surface area contributed by atoms with Crippen LogP contribution >= 0.6 is 0 Å². The smallest absolute Gasteiger partial charge is 0.337 e. The minimum absolute atomic E-state index is 0.0492. The lowest BCUT2D eigenvalue weighted by Crippen LogP contribution is -2.06. The molecule has 2 rings (SSSR count). The lowest BCUT2D eigenvalue weighted by Gasteiger charge is -2.12. The first-order valence-electron chi connectivity index (χ1n) is 5.84. The van der Waals surface area contributed by atoms with Crippen molar-refractivity contribution in [1.29, 1.82) is 0 Å². The number of anilines is 3. The molecule has 21 heavy (non-hydrogen) atoms. The molecule has 0 amide bonds. The van der Waals surface area contributed by atoms with Gasteiger partial charge in [-0.25, -0.2) is 18.0 Å². The summed E-state index contributed by atoms with van der Waals surface area (Å²) in [6, 6.07) is 4.28. The van der Waals surface area contributed by atoms with Crippen LogP contribution in [0.4, 0.5) is 30.2 Å². The summed E-state index contributed by atoms with van der Waals surface area (Å²) in [5, 5.41) is 11.6. The number of rotatable bonds is 3. The highest BCUT2D eigenvalue weighted by molar-refractivity contribution is 5.96. The molecule has 0 unspecified atom stereocenters. The van der Waals surface area contributed by atoms with Gasteiger partial charge in [0.15, 0.2) is 17.5 Å². The van der Waals surface area contributed by atoms with Gasteiger partial charge >= 0.3 is 5.97 Å². The topological polar surface area (TPSA) is 75.3 Å². The van der Waals surface area contributed by atoms with Gasteiger partial charge in [-0.15, -0.1) is 0 Å². The molecule has 0 bridgehead atoms. The number of carboxylic acid groups (broad SMARTS) is 1. The fraction of sp³-hybridized carbons (Fsp3) is 0.0714. The van der Waals surface area contributed by atoms with E-state index in [-0.39, 0.29) is 22.6 Å². The van der Waals surface area contributed by atoms with Gasteiger partial charge in [-0.2, -0.15) is 0 Å². The zero-order chi connectivity index (χ0) is 15.7. The Kier molecular flexibility index (Phi) is 3.75. The number of carboxylic acids is 1. The van der Waals surface area contributed by atoms with E-state index >= 15 is 0 Å². The van der Waals surface area contributed by atoms with Crippen molar-refractivity contribution in [1.82, 2.24) is 0 Å². The standard InChI is InChI=1S/C14H11F3N2O2/c1-6-2-7(3-9(13(6)18)14(20)21)19-8-4-10(15)12(17)11(16)5-8/h2-5,19H,18H2,1H3,(H,20,21). The van der Waals surface area contributed by atoms with Crippen molar-refractivity contribution in [2.75, 3.05) is 11.1 Å². The molecule has 0 aromatic heterocycles. The first kappa shape index (κ1) is 14.7. The van der Waals surface area contributed by atoms with Gasteiger partial charge in [0.2, 0.25) is 0 Å². The molecule has 0 radical (unpaired) electrons. The highest BCUT2D eigenvalue weighted by atomic mass is 19.2. The lowest BCUT2D eigenvalue weighted by atomic mass is 10.1. The quantitative estimate of drug-likeness (QED) is 0.599. The molecule has 0 spiro atoms. The number of nitrogens with one attached hydrogen (secondary N) is 1. The van der Waals surface area contributed by atoms with Crippen molar-refractivity contribution >= 4 is 23.0 Å². The summed E-state index contributed by atoms with van der Waals surface area (Å²) in [5.74, 6) is -5.48. The minimum Gasteiger partial charge on any atom is -0.478 e. The molecule has 4 N–H and O–H groups in total. The highest BCUT2D eigenvalue weighted by Crippen LogP contribution is 2.26. The summed E-state index contributed by atoms with van der Waals surface area (Å²) in [6.45, 7) is 1.60. The second kappa shape index (κ2) is 5.35. The largest absolute Gasteiger partial charge is 0.478 e. The molecule has 0 aliphatic heterocycles. The minimum atomic E-state index is -1.57. The molecule has 0 fully saturated rings. The molecule has 0 aliphatic carbocycles. The molecule has 2 aromatic carbocycles. The second-order valence-electron chi connectivity index (χ2n) is 4.44. The first-order valence-corrected chi connectivity index (χ1v) is 5.84. The Balaban J connectivity index is 2.43. The lowest BCUT2D eigenvalue weighted by molar-refractivity contribution is 0.0698. The molecule has 0 aliphatic rings. The van der Waals surface area contributed by atoms with E-state index in [1.165, 1.54) is 12.1 Å². The average Bonchev–Trinajstić information content (AvgIpc) is 2.39. The van der Waals surface area contributed by atoms with Crippen molar-refractivity contribution in [2.24, 2.45) is 0 Å². The van der Waals surface area contributed by atoms with Crippen LogP contribution in [-0.4, -0.2) is 11.1 Å². The van der Waals surface area contributed by atoms with Gasteiger partial charge in [0, 0.05) is 29.2 Å². The van der Waals surface area contributed by atoms with Gasteiger partial charge in [-0.05, 0) is 24.6 Å². The predicted octanol–water partition coefficient (Wildman–Crippen LogP) is 3.44. The predicted molar refractivity (Wildman–Crippen MR) is 72.1 cm³/mol. The van der Waals surface area contributed by atoms with Crippen LogP contribution in [0.15, 0.2) is 24.3 Å². The second-order valence-corrected chi connectivity index (χ2v) is 4.44. The van der Waals surface area contributed by atoms with E-state index in [4.69, 9.17) is 10.8 Å². The van der Waals surface area contributed by atoms with Crippen LogP contribution in [0.3, 0.4) is 0 Å². The Bertz CT molecular complexity index is 709. The Hall–Kier alpha value is -2.70. The van der Waals surface area contributed by atoms with Crippen molar-refractivity contribution in [3.63, 3.8) is 0 Å². The maximum absolute atomic E-state index is 13.1. The number of aromatic carboxylic acids is 1. The van der Waals surface area contributed by atoms with Gasteiger partial charge in [-0.3, -0.25) is 0 Å². The number of hydrogen-bond donors (Lipinski definition) is 3. The summed E-state index contributed by atoms with van der Waals surface area (Å²) < 4.78 is 39.1. The summed E-state index contributed by atoms with van der Waals surface area (Å²) in [7, 11) is 0. The summed E-state index contributed by atoms with van der Waals surface area (Å²) in [6.07, 6.45) is 0. The number of halogens is 3. The van der Waals surface area contributed by atoms with Gasteiger partial charge in [0.25, 0.3) is 0 Å². The number of hydrogen-bond acceptors (Lipinski definition) is 3. The van der Waals surface area contributed by atoms with E-state index in [0.29, 0.717) is 5.56 Å². The number of nitrogen functional groups attached to an aromatic ring is 1. The Morgan fingerprint density at radius 2 is 1.62 bits per heavy atom. The number of carbonyl (C=O) groups is 1. The van der Waals surface area contributed by atoms with Gasteiger partial charge in [-0.1, -0.05) is 0 Å². The van der Waals surface area contributed by atoms with Crippen molar-refractivity contribution in [2.45, 2.75) is 6.92 Å². The van der Waals surface area contributed by atoms with Gasteiger partial charge < -0.3 is 16.2 Å². The third-order valence-corrected chi connectivity index (χ3v) is 2.89. The van der Waals surface area contributed by atoms with Crippen LogP contribution in [-0.2, 0) is 0 Å². The van der Waals surface area contributed by atoms with E-state index in [0.717, 1.165) is 12.1 Å². The highest BCUT2D eigenvalue weighted by Gasteiger charge is 2.14. The van der Waals surface area contributed by atoms with Gasteiger partial charge in [0.1, 0.15) is 0 Å². The molecule has 4 nitrogen and oxygen atoms in total. The SMILES string of the molecule is Cc1cc(Nc2cc(F)c(F)c(F)c2)cc(C(=O)O)c1N. The Morgan fingerprint density at radius 3 is 2.14 bits per heavy atom. The summed E-state index contributed by atoms with van der Waals surface area (Å²) in [4.78, 5) is 11.1. The van der Waals surface area contributed by atoms with Crippen LogP contribution in [0.5, 0.6) is 0 Å². The molecule has 0 saturated heterocycles. The molecule has 110 valence electrons. The van der Waals surface area contributed by atoms with Crippen LogP contribution in [0, 0.1) is 24.4 Å². The molecule has 0 saturated carbocycles. The zero-order valence-corrected chi connectivity index (χ0v) is 10.9. The monoisotopic (exact) mass is 296 g/mol. The molecular formula is C14H11F3N2O2. The molecule has 7 heteroatoms. The fourth-order valence-electron chi connectivity index (χ4n) is 1.84. The normalized spacial score (nSPS) is 10.5. The summed E-state index contributed by atoms with van der Waals surface area (Å²) >= 11 is 0. The summed E-state index contributed by atoms with van der Waals surface area (Å²) in [5.41, 5.74) is 6.30. The zero-order valence-electron chi connectivity index (χ0n) is 10.9. The Morgan fingerprint density at radius 1 is 1.10 bits per heavy atom. The van der Waals surface area contributed by atoms with Crippen LogP contribution in [0.25, 0.3) is 0 Å². The molecule has 0 atom stereocenters. The van der Waals surface area contributed by atoms with E-state index in [1.807, 2.05) is 0 Å². The van der Waals surface area contributed by atoms with Crippen LogP contribution in [0.2, 0.25) is 0 Å². The van der Waals surface area contributed by atoms with Crippen molar-refractivity contribution in [3.05, 3.63) is 52.8 Å². The molecule has 2 aromatic rings. The van der Waals surface area contributed by atoms with Crippen LogP contribution in [0.1, 0.15) is 15.9 Å². The maximum Gasteiger partial charge on any atom is 0.337 e. The Labute approximate surface area is 118 Å². The first-order chi connectivity index (χ1) is 9.79. The molecular weight excluding hydrogens is 285 g/mol. The van der Waals surface area contributed by atoms with Crippen molar-refractivity contribution in [3.8, 4) is 0 Å². The van der Waals surface area contributed by atoms with Crippen molar-refractivity contribution < 1.29 is 23.1 Å². The number of benzene rings is 2. The van der Waals surface area contributed by atoms with E-state index in [1.54, 1.807) is 6.92 Å². The van der Waals surface area contributed by atoms with E-state index in [2.05, 4.69) is 5.32 Å². The number of aryl methyl sites for hydroxylation is 1. The van der Waals surface area contributed by atoms with E-state index in [9.17, 15) is 18.0 Å². The maximum atomic E-state index is 13.1. The molecule has 0 heterocycles.